The molecule has 1 aromatic rings. The van der Waals surface area contributed by atoms with Gasteiger partial charge in [-0.3, -0.25) is 4.90 Å². The Morgan fingerprint density at radius 2 is 2.00 bits per heavy atom. The van der Waals surface area contributed by atoms with Crippen LogP contribution in [0.3, 0.4) is 0 Å². The van der Waals surface area contributed by atoms with Crippen LogP contribution in [0.4, 0.5) is 4.39 Å². The summed E-state index contributed by atoms with van der Waals surface area (Å²) in [4.78, 5) is 4.71. The quantitative estimate of drug-likeness (QED) is 0.837. The first-order valence-electron chi connectivity index (χ1n) is 7.44. The lowest BCUT2D eigenvalue weighted by molar-refractivity contribution is 0.233. The average molecular weight is 278 g/mol. The molecule has 1 aliphatic rings. The van der Waals surface area contributed by atoms with Gasteiger partial charge >= 0.3 is 0 Å². The van der Waals surface area contributed by atoms with Gasteiger partial charge in [0.2, 0.25) is 0 Å². The fourth-order valence-electron chi connectivity index (χ4n) is 2.86. The molecule has 0 aromatic heterocycles. The van der Waals surface area contributed by atoms with Gasteiger partial charge in [0.05, 0.1) is 0 Å². The predicted octanol–water partition coefficient (Wildman–Crippen LogP) is 3.26. The van der Waals surface area contributed by atoms with Gasteiger partial charge in [-0.15, -0.1) is 0 Å². The zero-order valence-electron chi connectivity index (χ0n) is 13.4. The maximum atomic E-state index is 13.8. The van der Waals surface area contributed by atoms with Crippen LogP contribution in [0.2, 0.25) is 0 Å². The topological polar surface area (TPSA) is 6.48 Å². The molecular formula is C17H27FN2. The molecule has 20 heavy (non-hydrogen) atoms. The molecule has 0 aliphatic carbocycles. The van der Waals surface area contributed by atoms with Crippen LogP contribution in [-0.2, 0) is 12.0 Å². The van der Waals surface area contributed by atoms with Gasteiger partial charge in [0.15, 0.2) is 0 Å². The number of rotatable bonds is 3. The van der Waals surface area contributed by atoms with Gasteiger partial charge in [-0.25, -0.2) is 4.39 Å². The Kier molecular flexibility index (Phi) is 4.50. The number of benzene rings is 1. The number of hydrogen-bond donors (Lipinski definition) is 0. The van der Waals surface area contributed by atoms with Crippen LogP contribution in [0.15, 0.2) is 18.2 Å². The molecule has 2 rings (SSSR count). The standard InChI is InChI=1S/C17H27FN2/c1-17(2,3)14-8-13(9-15(18)10-14)11-20(5)16-6-7-19(4)12-16/h8-10,16H,6-7,11-12H2,1-5H3. The number of hydrogen-bond acceptors (Lipinski definition) is 2. The molecule has 3 heteroatoms. The molecule has 1 heterocycles. The highest BCUT2D eigenvalue weighted by Gasteiger charge is 2.23. The van der Waals surface area contributed by atoms with Crippen LogP contribution < -0.4 is 0 Å². The molecule has 0 amide bonds. The maximum Gasteiger partial charge on any atom is 0.123 e. The van der Waals surface area contributed by atoms with Gasteiger partial charge < -0.3 is 4.90 Å². The molecule has 1 aliphatic heterocycles. The highest BCUT2D eigenvalue weighted by molar-refractivity contribution is 5.29. The monoisotopic (exact) mass is 278 g/mol. The van der Waals surface area contributed by atoms with Crippen molar-refractivity contribution in [2.24, 2.45) is 0 Å². The molecular weight excluding hydrogens is 251 g/mol. The summed E-state index contributed by atoms with van der Waals surface area (Å²) >= 11 is 0. The molecule has 1 aromatic carbocycles. The van der Waals surface area contributed by atoms with Gasteiger partial charge in [0.1, 0.15) is 5.82 Å². The van der Waals surface area contributed by atoms with Gasteiger partial charge in [-0.2, -0.15) is 0 Å². The highest BCUT2D eigenvalue weighted by atomic mass is 19.1. The maximum absolute atomic E-state index is 13.8. The fraction of sp³-hybridized carbons (Fsp3) is 0.647. The lowest BCUT2D eigenvalue weighted by Crippen LogP contribution is -2.33. The molecule has 0 saturated carbocycles. The minimum Gasteiger partial charge on any atom is -0.305 e. The Morgan fingerprint density at radius 1 is 1.30 bits per heavy atom. The van der Waals surface area contributed by atoms with E-state index in [0.29, 0.717) is 6.04 Å². The van der Waals surface area contributed by atoms with E-state index in [-0.39, 0.29) is 11.2 Å². The number of nitrogens with zero attached hydrogens (tertiary/aromatic N) is 2. The lowest BCUT2D eigenvalue weighted by atomic mass is 9.86. The van der Waals surface area contributed by atoms with Gasteiger partial charge in [-0.05, 0) is 55.7 Å². The first-order valence-corrected chi connectivity index (χ1v) is 7.44. The summed E-state index contributed by atoms with van der Waals surface area (Å²) in [6.45, 7) is 9.46. The van der Waals surface area contributed by atoms with Crippen molar-refractivity contribution in [2.75, 3.05) is 27.2 Å². The Hall–Kier alpha value is -0.930. The van der Waals surface area contributed by atoms with E-state index in [2.05, 4.69) is 50.7 Å². The van der Waals surface area contributed by atoms with Crippen molar-refractivity contribution in [1.82, 2.24) is 9.80 Å². The lowest BCUT2D eigenvalue weighted by Gasteiger charge is -2.26. The summed E-state index contributed by atoms with van der Waals surface area (Å²) in [7, 11) is 4.30. The van der Waals surface area contributed by atoms with E-state index in [0.717, 1.165) is 30.8 Å². The molecule has 1 unspecified atom stereocenters. The van der Waals surface area contributed by atoms with Crippen LogP contribution in [0.25, 0.3) is 0 Å². The fourth-order valence-corrected chi connectivity index (χ4v) is 2.86. The van der Waals surface area contributed by atoms with Crippen molar-refractivity contribution in [3.05, 3.63) is 35.1 Å². The van der Waals surface area contributed by atoms with Crippen molar-refractivity contribution in [2.45, 2.75) is 45.2 Å². The molecule has 2 nitrogen and oxygen atoms in total. The predicted molar refractivity (Wildman–Crippen MR) is 82.5 cm³/mol. The smallest absolute Gasteiger partial charge is 0.123 e. The van der Waals surface area contributed by atoms with Crippen molar-refractivity contribution >= 4 is 0 Å². The summed E-state index contributed by atoms with van der Waals surface area (Å²) in [6, 6.07) is 6.07. The number of halogens is 1. The largest absolute Gasteiger partial charge is 0.305 e. The summed E-state index contributed by atoms with van der Waals surface area (Å²) < 4.78 is 13.8. The van der Waals surface area contributed by atoms with E-state index >= 15 is 0 Å². The first kappa shape index (κ1) is 15.5. The van der Waals surface area contributed by atoms with E-state index in [9.17, 15) is 4.39 Å². The normalized spacial score (nSPS) is 20.9. The molecule has 0 bridgehead atoms. The van der Waals surface area contributed by atoms with Crippen molar-refractivity contribution in [1.29, 1.82) is 0 Å². The molecule has 0 spiro atoms. The molecule has 112 valence electrons. The van der Waals surface area contributed by atoms with Crippen LogP contribution in [-0.4, -0.2) is 43.0 Å². The second-order valence-corrected chi connectivity index (χ2v) is 7.22. The van der Waals surface area contributed by atoms with E-state index in [1.54, 1.807) is 12.1 Å². The Balaban J connectivity index is 2.11. The summed E-state index contributed by atoms with van der Waals surface area (Å²) in [5.41, 5.74) is 2.14. The zero-order valence-corrected chi connectivity index (χ0v) is 13.4. The highest BCUT2D eigenvalue weighted by Crippen LogP contribution is 2.25. The summed E-state index contributed by atoms with van der Waals surface area (Å²) in [6.07, 6.45) is 1.20. The van der Waals surface area contributed by atoms with E-state index in [1.165, 1.54) is 6.42 Å². The third-order valence-electron chi connectivity index (χ3n) is 4.25. The summed E-state index contributed by atoms with van der Waals surface area (Å²) in [5.74, 6) is -0.121. The molecule has 0 radical (unpaired) electrons. The Labute approximate surface area is 122 Å². The van der Waals surface area contributed by atoms with E-state index in [4.69, 9.17) is 0 Å². The third kappa shape index (κ3) is 3.80. The number of likely N-dealkylation sites (N-methyl/N-ethyl adjacent to an activating group) is 2. The second-order valence-electron chi connectivity index (χ2n) is 7.22. The minimum absolute atomic E-state index is 0.0109. The van der Waals surface area contributed by atoms with Crippen molar-refractivity contribution in [3.8, 4) is 0 Å². The van der Waals surface area contributed by atoms with Gasteiger partial charge in [0, 0.05) is 19.1 Å². The SMILES string of the molecule is CN1CCC(N(C)Cc2cc(F)cc(C(C)(C)C)c2)C1. The minimum atomic E-state index is -0.121. The van der Waals surface area contributed by atoms with E-state index < -0.39 is 0 Å². The Morgan fingerprint density at radius 3 is 2.55 bits per heavy atom. The van der Waals surface area contributed by atoms with Gasteiger partial charge in [0.25, 0.3) is 0 Å². The van der Waals surface area contributed by atoms with Crippen molar-refractivity contribution in [3.63, 3.8) is 0 Å². The molecule has 0 N–H and O–H groups in total. The van der Waals surface area contributed by atoms with Crippen molar-refractivity contribution < 1.29 is 4.39 Å². The Bertz CT molecular complexity index is 465. The van der Waals surface area contributed by atoms with E-state index in [1.807, 2.05) is 0 Å². The van der Waals surface area contributed by atoms with Crippen LogP contribution in [0, 0.1) is 5.82 Å². The van der Waals surface area contributed by atoms with Crippen LogP contribution >= 0.6 is 0 Å². The molecule has 1 saturated heterocycles. The second kappa shape index (κ2) is 5.82. The van der Waals surface area contributed by atoms with Gasteiger partial charge in [-0.1, -0.05) is 26.8 Å². The van der Waals surface area contributed by atoms with Crippen LogP contribution in [0.5, 0.6) is 0 Å². The van der Waals surface area contributed by atoms with Crippen LogP contribution in [0.1, 0.15) is 38.3 Å². The first-order chi connectivity index (χ1) is 9.25. The summed E-state index contributed by atoms with van der Waals surface area (Å²) in [5, 5.41) is 0. The third-order valence-corrected chi connectivity index (χ3v) is 4.25. The average Bonchev–Trinajstić information content (AvgIpc) is 2.74. The molecule has 1 fully saturated rings. The zero-order chi connectivity index (χ0) is 14.9. The molecule has 1 atom stereocenters. The number of likely N-dealkylation sites (tertiary alicyclic amines) is 1.